The van der Waals surface area contributed by atoms with E-state index >= 15 is 0 Å². The van der Waals surface area contributed by atoms with Gasteiger partial charge in [-0.2, -0.15) is 15.4 Å². The summed E-state index contributed by atoms with van der Waals surface area (Å²) in [4.78, 5) is 49.4. The van der Waals surface area contributed by atoms with Gasteiger partial charge in [0.1, 0.15) is 11.4 Å². The smallest absolute Gasteiger partial charge is 0.334 e. The Kier molecular flexibility index (Phi) is 11.1. The molecule has 3 N–H and O–H groups in total. The fourth-order valence-electron chi connectivity index (χ4n) is 7.96. The van der Waals surface area contributed by atoms with Crippen LogP contribution < -0.4 is 10.1 Å². The third-order valence-corrected chi connectivity index (χ3v) is 11.9. The Morgan fingerprint density at radius 1 is 0.981 bits per heavy atom. The molecule has 0 aliphatic carbocycles. The van der Waals surface area contributed by atoms with Gasteiger partial charge in [0.25, 0.3) is 5.91 Å². The second-order valence-corrected chi connectivity index (χ2v) is 15.0. The van der Waals surface area contributed by atoms with Crippen molar-refractivity contribution in [1.82, 2.24) is 40.4 Å². The second-order valence-electron chi connectivity index (χ2n) is 14.1. The maximum absolute atomic E-state index is 14.2. The molecule has 54 heavy (non-hydrogen) atoms. The molecule has 2 atom stereocenters. The van der Waals surface area contributed by atoms with Crippen molar-refractivity contribution in [3.8, 4) is 17.0 Å². The largest absolute Gasteiger partial charge is 0.496 e. The Morgan fingerprint density at radius 2 is 1.78 bits per heavy atom. The van der Waals surface area contributed by atoms with Gasteiger partial charge >= 0.3 is 12.0 Å². The molecule has 7 rings (SSSR count). The number of H-pyrrole nitrogens is 1. The molecular formula is C38H42Cl2N8O6. The lowest BCUT2D eigenvalue weighted by molar-refractivity contribution is -0.154. The minimum Gasteiger partial charge on any atom is -0.496 e. The number of urea groups is 1. The number of carbonyl (C=O) groups is 3. The Hall–Kier alpha value is -4.76. The number of carbonyl (C=O) groups excluding carboxylic acids is 2. The third-order valence-electron chi connectivity index (χ3n) is 11.1. The number of hydrogen-bond acceptors (Lipinski definition) is 9. The van der Waals surface area contributed by atoms with Crippen molar-refractivity contribution in [3.63, 3.8) is 0 Å². The van der Waals surface area contributed by atoms with Gasteiger partial charge in [0.05, 0.1) is 47.6 Å². The number of pyridine rings is 1. The van der Waals surface area contributed by atoms with E-state index in [1.54, 1.807) is 37.8 Å². The zero-order chi connectivity index (χ0) is 37.9. The molecule has 2 unspecified atom stereocenters. The first-order chi connectivity index (χ1) is 26.1. The zero-order valence-electron chi connectivity index (χ0n) is 29.8. The van der Waals surface area contributed by atoms with Crippen LogP contribution in [-0.4, -0.2) is 124 Å². The number of rotatable bonds is 10. The van der Waals surface area contributed by atoms with Crippen LogP contribution in [0.25, 0.3) is 11.3 Å². The standard InChI is InChI=1S/C38H42Cl2N8O6/c1-53-32-5-2-25(31-22-42-45-44-31)20-28(32)34(49)48-17-9-37(24-48,27-3-4-29(39)30(40)21-27)8-14-46-15-10-38(11-16-46,26-6-12-41-13-7-26)43-36(52)47-18-19-54-33(23-47)35(50)51/h2-7,12-13,20-22,33H,8-11,14-19,23-24H2,1H3,(H,43,52)(H,50,51)(H,42,44,45). The summed E-state index contributed by atoms with van der Waals surface area (Å²) in [5.41, 5.74) is 2.74. The number of nitrogens with one attached hydrogen (secondary N) is 2. The number of ether oxygens (including phenoxy) is 2. The van der Waals surface area contributed by atoms with Gasteiger partial charge in [0.15, 0.2) is 6.10 Å². The number of hydrogen-bond donors (Lipinski definition) is 3. The van der Waals surface area contributed by atoms with Crippen LogP contribution in [0, 0.1) is 0 Å². The van der Waals surface area contributed by atoms with Crippen LogP contribution in [0.3, 0.4) is 0 Å². The van der Waals surface area contributed by atoms with E-state index in [1.807, 2.05) is 41.3 Å². The quantitative estimate of drug-likeness (QED) is 0.203. The number of likely N-dealkylation sites (tertiary alicyclic amines) is 2. The summed E-state index contributed by atoms with van der Waals surface area (Å²) < 4.78 is 11.0. The van der Waals surface area contributed by atoms with Gasteiger partial charge in [-0.3, -0.25) is 9.78 Å². The summed E-state index contributed by atoms with van der Waals surface area (Å²) in [6, 6.07) is 14.7. The summed E-state index contributed by atoms with van der Waals surface area (Å²) >= 11 is 12.9. The first-order valence-electron chi connectivity index (χ1n) is 17.9. The van der Waals surface area contributed by atoms with Crippen molar-refractivity contribution in [2.45, 2.75) is 42.7 Å². The van der Waals surface area contributed by atoms with E-state index in [2.05, 4.69) is 30.6 Å². The lowest BCUT2D eigenvalue weighted by atomic mass is 9.76. The molecule has 3 aliphatic rings. The lowest BCUT2D eigenvalue weighted by Crippen LogP contribution is -2.59. The number of morpholine rings is 1. The number of methoxy groups -OCH3 is 1. The second kappa shape index (κ2) is 15.9. The molecule has 3 fully saturated rings. The minimum absolute atomic E-state index is 0.0180. The van der Waals surface area contributed by atoms with Gasteiger partial charge in [-0.1, -0.05) is 29.3 Å². The van der Waals surface area contributed by atoms with Crippen molar-refractivity contribution in [1.29, 1.82) is 0 Å². The van der Waals surface area contributed by atoms with E-state index in [0.717, 1.165) is 36.1 Å². The SMILES string of the molecule is COc1ccc(-c2cn[nH]n2)cc1C(=O)N1CCC(CCN2CCC(NC(=O)N3CCOC(C(=O)O)C3)(c3ccncc3)CC2)(c2ccc(Cl)c(Cl)c2)C1. The molecule has 3 amide bonds. The number of aliphatic carboxylic acids is 1. The molecule has 0 bridgehead atoms. The predicted molar refractivity (Wildman–Crippen MR) is 201 cm³/mol. The Morgan fingerprint density at radius 3 is 2.48 bits per heavy atom. The van der Waals surface area contributed by atoms with Crippen LogP contribution >= 0.6 is 23.2 Å². The fourth-order valence-corrected chi connectivity index (χ4v) is 8.25. The van der Waals surface area contributed by atoms with Crippen molar-refractivity contribution >= 4 is 41.1 Å². The number of carboxylic acids is 1. The molecule has 5 heterocycles. The van der Waals surface area contributed by atoms with Crippen LogP contribution in [0.2, 0.25) is 10.0 Å². The van der Waals surface area contributed by atoms with Gasteiger partial charge in [0.2, 0.25) is 0 Å². The number of carboxylic acid groups (broad SMARTS) is 1. The van der Waals surface area contributed by atoms with Crippen molar-refractivity contribution in [2.24, 2.45) is 0 Å². The molecule has 3 saturated heterocycles. The van der Waals surface area contributed by atoms with Gasteiger partial charge < -0.3 is 34.6 Å². The molecular weight excluding hydrogens is 735 g/mol. The number of benzene rings is 2. The maximum Gasteiger partial charge on any atom is 0.334 e. The number of halogens is 2. The average molecular weight is 778 g/mol. The van der Waals surface area contributed by atoms with Crippen LogP contribution in [-0.2, 0) is 20.5 Å². The van der Waals surface area contributed by atoms with E-state index in [0.29, 0.717) is 72.6 Å². The highest BCUT2D eigenvalue weighted by Crippen LogP contribution is 2.42. The molecule has 0 spiro atoms. The van der Waals surface area contributed by atoms with E-state index in [1.165, 1.54) is 4.90 Å². The van der Waals surface area contributed by atoms with Crippen LogP contribution in [0.4, 0.5) is 4.79 Å². The summed E-state index contributed by atoms with van der Waals surface area (Å²) in [7, 11) is 1.55. The molecule has 2 aromatic carbocycles. The highest BCUT2D eigenvalue weighted by atomic mass is 35.5. The molecule has 2 aromatic heterocycles. The highest BCUT2D eigenvalue weighted by molar-refractivity contribution is 6.42. The number of amides is 3. The maximum atomic E-state index is 14.2. The van der Waals surface area contributed by atoms with Gasteiger partial charge in [-0.05, 0) is 85.8 Å². The van der Waals surface area contributed by atoms with Gasteiger partial charge in [-0.25, -0.2) is 9.59 Å². The van der Waals surface area contributed by atoms with Crippen molar-refractivity contribution in [2.75, 3.05) is 59.5 Å². The van der Waals surface area contributed by atoms with Crippen LogP contribution in [0.1, 0.15) is 47.2 Å². The summed E-state index contributed by atoms with van der Waals surface area (Å²) in [6.45, 7) is 3.62. The lowest BCUT2D eigenvalue weighted by Gasteiger charge is -2.45. The Bertz CT molecular complexity index is 1980. The third kappa shape index (κ3) is 7.74. The summed E-state index contributed by atoms with van der Waals surface area (Å²) in [5.74, 6) is -0.743. The monoisotopic (exact) mass is 776 g/mol. The van der Waals surface area contributed by atoms with E-state index in [-0.39, 0.29) is 25.1 Å². The average Bonchev–Trinajstić information content (AvgIpc) is 3.91. The molecule has 3 aliphatic heterocycles. The first kappa shape index (κ1) is 37.6. The first-order valence-corrected chi connectivity index (χ1v) is 18.7. The van der Waals surface area contributed by atoms with Gasteiger partial charge in [0, 0.05) is 56.1 Å². The van der Waals surface area contributed by atoms with Crippen LogP contribution in [0.15, 0.2) is 67.1 Å². The van der Waals surface area contributed by atoms with Crippen molar-refractivity contribution < 1.29 is 29.0 Å². The molecule has 14 nitrogen and oxygen atoms in total. The van der Waals surface area contributed by atoms with E-state index in [4.69, 9.17) is 32.7 Å². The number of piperidine rings is 1. The minimum atomic E-state index is -1.09. The van der Waals surface area contributed by atoms with E-state index < -0.39 is 23.0 Å². The van der Waals surface area contributed by atoms with E-state index in [9.17, 15) is 19.5 Å². The Labute approximate surface area is 322 Å². The summed E-state index contributed by atoms with van der Waals surface area (Å²) in [5, 5.41) is 24.4. The highest BCUT2D eigenvalue weighted by Gasteiger charge is 2.44. The van der Waals surface area contributed by atoms with Gasteiger partial charge in [-0.15, -0.1) is 0 Å². The molecule has 4 aromatic rings. The Balaban J connectivity index is 1.08. The van der Waals surface area contributed by atoms with Crippen LogP contribution in [0.5, 0.6) is 5.75 Å². The summed E-state index contributed by atoms with van der Waals surface area (Å²) in [6.07, 6.45) is 6.76. The molecule has 284 valence electrons. The topological polar surface area (TPSA) is 166 Å². The molecule has 16 heteroatoms. The molecule has 0 saturated carbocycles. The zero-order valence-corrected chi connectivity index (χ0v) is 31.4. The number of aromatic nitrogens is 4. The predicted octanol–water partition coefficient (Wildman–Crippen LogP) is 4.84. The molecule has 0 radical (unpaired) electrons. The number of aromatic amines is 1. The normalized spacial score (nSPS) is 21.5. The number of nitrogens with zero attached hydrogens (tertiary/aromatic N) is 6. The van der Waals surface area contributed by atoms with Crippen molar-refractivity contribution in [3.05, 3.63) is 93.9 Å². The fraction of sp³-hybridized carbons (Fsp3) is 0.421.